The lowest BCUT2D eigenvalue weighted by molar-refractivity contribution is -0.0425. The Labute approximate surface area is 199 Å². The molecule has 0 N–H and O–H groups in total. The average molecular weight is 554 g/mol. The van der Waals surface area contributed by atoms with E-state index in [1.54, 1.807) is 0 Å². The number of rotatable bonds is 13. The molecule has 0 saturated carbocycles. The predicted molar refractivity (Wildman–Crippen MR) is 118 cm³/mol. The molecular formula is C18H26F3NO9S3. The average Bonchev–Trinajstić information content (AvgIpc) is 2.74. The summed E-state index contributed by atoms with van der Waals surface area (Å²) in [5, 5.41) is 0. The first-order valence-corrected chi connectivity index (χ1v) is 14.4. The maximum atomic E-state index is 12.7. The van der Waals surface area contributed by atoms with Crippen molar-refractivity contribution in [3.63, 3.8) is 0 Å². The van der Waals surface area contributed by atoms with Crippen LogP contribution in [0.15, 0.2) is 17.0 Å². The molecule has 1 aromatic carbocycles. The number of nitrogens with zero attached hydrogens (tertiary/aromatic N) is 1. The molecule has 0 unspecified atom stereocenters. The Hall–Kier alpha value is -1.46. The minimum atomic E-state index is -6.38. The van der Waals surface area contributed by atoms with Crippen molar-refractivity contribution in [2.45, 2.75) is 29.7 Å². The Balaban J connectivity index is 2.49. The highest BCUT2D eigenvalue weighted by atomic mass is 32.3. The van der Waals surface area contributed by atoms with Gasteiger partial charge in [-0.25, -0.2) is 16.8 Å². The van der Waals surface area contributed by atoms with Crippen LogP contribution in [0, 0.1) is 0 Å². The van der Waals surface area contributed by atoms with E-state index < -0.39 is 31.6 Å². The van der Waals surface area contributed by atoms with Gasteiger partial charge in [-0.2, -0.15) is 13.2 Å². The summed E-state index contributed by atoms with van der Waals surface area (Å²) >= 11 is 0. The van der Waals surface area contributed by atoms with Gasteiger partial charge in [0.1, 0.15) is 24.7 Å². The summed E-state index contributed by atoms with van der Waals surface area (Å²) in [4.78, 5) is 0.782. The third kappa shape index (κ3) is 8.34. The molecule has 0 spiro atoms. The van der Waals surface area contributed by atoms with Gasteiger partial charge in [0.05, 0.1) is 13.2 Å². The molecule has 1 aliphatic heterocycles. The van der Waals surface area contributed by atoms with Crippen molar-refractivity contribution in [2.24, 2.45) is 0 Å². The zero-order chi connectivity index (χ0) is 25.4. The molecule has 34 heavy (non-hydrogen) atoms. The molecular weight excluding hydrogens is 527 g/mol. The molecule has 0 amide bonds. The fourth-order valence-corrected chi connectivity index (χ4v) is 6.96. The lowest BCUT2D eigenvalue weighted by Crippen LogP contribution is -2.26. The maximum absolute atomic E-state index is 12.7. The summed E-state index contributed by atoms with van der Waals surface area (Å²) in [5.41, 5.74) is -5.93. The molecule has 2 rings (SSSR count). The number of hydrogen-bond donors (Lipinski definition) is 0. The van der Waals surface area contributed by atoms with Crippen molar-refractivity contribution in [1.29, 1.82) is 0 Å². The van der Waals surface area contributed by atoms with Gasteiger partial charge in [-0.15, -0.1) is 0 Å². The molecule has 196 valence electrons. The van der Waals surface area contributed by atoms with Crippen molar-refractivity contribution in [3.05, 3.63) is 16.3 Å². The lowest BCUT2D eigenvalue weighted by Gasteiger charge is -2.24. The van der Waals surface area contributed by atoms with Gasteiger partial charge in [-0.3, -0.25) is 0 Å². The molecule has 0 aromatic heterocycles. The first kappa shape index (κ1) is 28.8. The summed E-state index contributed by atoms with van der Waals surface area (Å²) < 4.78 is 112. The van der Waals surface area contributed by atoms with Gasteiger partial charge in [-0.05, 0) is 19.3 Å². The SMILES string of the molecule is COCCOc1cc([S+]2CCCCC2)cc(OCCOC)c1OS(=O)(=O)[N-]S(=O)(=O)C(F)(F)F. The lowest BCUT2D eigenvalue weighted by atomic mass is 10.3. The van der Waals surface area contributed by atoms with Crippen LogP contribution in [0.3, 0.4) is 0 Å². The molecule has 16 heteroatoms. The van der Waals surface area contributed by atoms with Crippen LogP contribution < -0.4 is 13.7 Å². The third-order valence-electron chi connectivity index (χ3n) is 4.37. The number of alkyl halides is 3. The van der Waals surface area contributed by atoms with E-state index in [9.17, 15) is 30.0 Å². The van der Waals surface area contributed by atoms with Gasteiger partial charge in [-0.1, -0.05) is 0 Å². The van der Waals surface area contributed by atoms with E-state index in [1.165, 1.54) is 26.4 Å². The quantitative estimate of drug-likeness (QED) is 0.267. The Bertz CT molecular complexity index is 980. The predicted octanol–water partition coefficient (Wildman–Crippen LogP) is 2.75. The van der Waals surface area contributed by atoms with E-state index in [1.807, 2.05) is 4.13 Å². The van der Waals surface area contributed by atoms with Crippen LogP contribution >= 0.6 is 0 Å². The van der Waals surface area contributed by atoms with E-state index in [-0.39, 0.29) is 48.8 Å². The zero-order valence-electron chi connectivity index (χ0n) is 18.5. The molecule has 10 nitrogen and oxygen atoms in total. The van der Waals surface area contributed by atoms with Crippen molar-refractivity contribution < 1.29 is 53.1 Å². The van der Waals surface area contributed by atoms with Gasteiger partial charge in [0.25, 0.3) is 0 Å². The van der Waals surface area contributed by atoms with Gasteiger partial charge in [0.2, 0.25) is 16.1 Å². The van der Waals surface area contributed by atoms with Crippen molar-refractivity contribution >= 4 is 31.2 Å². The third-order valence-corrected chi connectivity index (χ3v) is 9.31. The Kier molecular flexibility index (Phi) is 10.6. The summed E-state index contributed by atoms with van der Waals surface area (Å²) in [6, 6.07) is 3.02. The molecule has 1 fully saturated rings. The van der Waals surface area contributed by atoms with E-state index in [2.05, 4.69) is 0 Å². The van der Waals surface area contributed by atoms with E-state index in [4.69, 9.17) is 23.1 Å². The Morgan fingerprint density at radius 2 is 1.38 bits per heavy atom. The van der Waals surface area contributed by atoms with Gasteiger partial charge in [0, 0.05) is 37.2 Å². The Morgan fingerprint density at radius 1 is 0.882 bits per heavy atom. The van der Waals surface area contributed by atoms with Crippen molar-refractivity contribution in [2.75, 3.05) is 52.2 Å². The molecule has 0 radical (unpaired) electrons. The monoisotopic (exact) mass is 553 g/mol. The first-order valence-electron chi connectivity index (χ1n) is 9.99. The standard InChI is InChI=1S/C18H26F3NO9S3/c1-27-6-8-29-15-12-14(32-10-4-3-5-11-32)13-16(30-9-7-28-2)17(15)31-34(25,26)22-33(23,24)18(19,20)21/h12-13H,3-11H2,1-2H3. The van der Waals surface area contributed by atoms with Crippen LogP contribution in [0.5, 0.6) is 17.2 Å². The van der Waals surface area contributed by atoms with Crippen molar-refractivity contribution in [1.82, 2.24) is 0 Å². The largest absolute Gasteiger partial charge is 0.487 e. The van der Waals surface area contributed by atoms with Crippen LogP contribution in [-0.4, -0.2) is 74.5 Å². The molecule has 1 aliphatic rings. The zero-order valence-corrected chi connectivity index (χ0v) is 20.9. The van der Waals surface area contributed by atoms with E-state index >= 15 is 0 Å². The molecule has 1 saturated heterocycles. The van der Waals surface area contributed by atoms with Gasteiger partial charge < -0.3 is 27.3 Å². The number of hydrogen-bond acceptors (Lipinski definition) is 9. The number of halogens is 3. The minimum Gasteiger partial charge on any atom is -0.487 e. The normalized spacial score (nSPS) is 15.8. The van der Waals surface area contributed by atoms with Crippen LogP contribution in [0.4, 0.5) is 13.2 Å². The summed E-state index contributed by atoms with van der Waals surface area (Å²) in [5.74, 6) is 0.837. The van der Waals surface area contributed by atoms with Crippen LogP contribution in [0.1, 0.15) is 19.3 Å². The number of benzene rings is 1. The van der Waals surface area contributed by atoms with Crippen LogP contribution in [0.25, 0.3) is 4.13 Å². The van der Waals surface area contributed by atoms with E-state index in [0.717, 1.165) is 35.7 Å². The number of sulfonamides is 1. The van der Waals surface area contributed by atoms with Crippen LogP contribution in [0.2, 0.25) is 0 Å². The highest BCUT2D eigenvalue weighted by Crippen LogP contribution is 2.43. The summed E-state index contributed by atoms with van der Waals surface area (Å²) in [6.45, 7) is 0.100. The molecule has 1 aromatic rings. The number of methoxy groups -OCH3 is 2. The summed E-state index contributed by atoms with van der Waals surface area (Å²) in [6.07, 6.45) is 3.10. The smallest absolute Gasteiger partial charge is 0.480 e. The van der Waals surface area contributed by atoms with E-state index in [0.29, 0.717) is 0 Å². The fourth-order valence-electron chi connectivity index (χ4n) is 2.84. The minimum absolute atomic E-state index is 0.0559. The molecule has 0 aliphatic carbocycles. The highest BCUT2D eigenvalue weighted by Gasteiger charge is 2.41. The second kappa shape index (κ2) is 12.5. The van der Waals surface area contributed by atoms with Gasteiger partial charge >= 0.3 is 5.51 Å². The second-order valence-corrected chi connectivity index (χ2v) is 12.2. The molecule has 1 heterocycles. The topological polar surface area (TPSA) is 129 Å². The second-order valence-electron chi connectivity index (χ2n) is 6.90. The summed E-state index contributed by atoms with van der Waals surface area (Å²) in [7, 11) is -9.38. The molecule has 0 atom stereocenters. The number of ether oxygens (including phenoxy) is 4. The van der Waals surface area contributed by atoms with Crippen LogP contribution in [-0.2, 0) is 40.7 Å². The van der Waals surface area contributed by atoms with Crippen molar-refractivity contribution in [3.8, 4) is 17.2 Å². The highest BCUT2D eigenvalue weighted by molar-refractivity contribution is 8.10. The Morgan fingerprint density at radius 3 is 1.82 bits per heavy atom. The molecule has 0 bridgehead atoms. The maximum Gasteiger partial charge on any atom is 0.480 e. The first-order chi connectivity index (χ1) is 15.9. The fraction of sp³-hybridized carbons (Fsp3) is 0.667. The van der Waals surface area contributed by atoms with Gasteiger partial charge in [0.15, 0.2) is 26.4 Å².